The molecule has 1 rings (SSSR count). The predicted octanol–water partition coefficient (Wildman–Crippen LogP) is 2.43. The molecular formula is C12H13BrFNO3. The van der Waals surface area contributed by atoms with Crippen LogP contribution in [0.15, 0.2) is 22.7 Å². The number of hydrogen-bond donors (Lipinski definition) is 2. The van der Waals surface area contributed by atoms with Crippen molar-refractivity contribution in [1.29, 1.82) is 0 Å². The Kier molecular flexibility index (Phi) is 4.84. The molecule has 1 amide bonds. The smallest absolute Gasteiger partial charge is 0.326 e. The minimum atomic E-state index is -1.11. The Bertz CT molecular complexity index is 476. The normalized spacial score (nSPS) is 12.3. The summed E-state index contributed by atoms with van der Waals surface area (Å²) < 4.78 is 13.5. The van der Waals surface area contributed by atoms with Crippen molar-refractivity contribution in [2.75, 3.05) is 0 Å². The molecule has 0 saturated carbocycles. The fraction of sp³-hybridized carbons (Fsp3) is 0.333. The third-order valence-electron chi connectivity index (χ3n) is 2.40. The first-order valence-electron chi connectivity index (χ1n) is 5.31. The van der Waals surface area contributed by atoms with Crippen LogP contribution in [-0.2, 0) is 4.79 Å². The van der Waals surface area contributed by atoms with E-state index in [1.165, 1.54) is 12.1 Å². The van der Waals surface area contributed by atoms with Gasteiger partial charge in [-0.2, -0.15) is 0 Å². The molecule has 18 heavy (non-hydrogen) atoms. The Morgan fingerprint density at radius 1 is 1.39 bits per heavy atom. The zero-order valence-corrected chi connectivity index (χ0v) is 11.5. The Balaban J connectivity index is 2.87. The molecule has 0 fully saturated rings. The highest BCUT2D eigenvalue weighted by molar-refractivity contribution is 9.10. The minimum absolute atomic E-state index is 0.0857. The van der Waals surface area contributed by atoms with Gasteiger partial charge in [-0.3, -0.25) is 4.79 Å². The molecule has 0 spiro atoms. The maximum absolute atomic E-state index is 13.3. The molecule has 6 heteroatoms. The van der Waals surface area contributed by atoms with Crippen molar-refractivity contribution in [2.45, 2.75) is 19.9 Å². The molecule has 0 aliphatic rings. The lowest BCUT2D eigenvalue weighted by atomic mass is 10.0. The van der Waals surface area contributed by atoms with Gasteiger partial charge >= 0.3 is 5.97 Å². The minimum Gasteiger partial charge on any atom is -0.480 e. The first-order valence-corrected chi connectivity index (χ1v) is 6.11. The molecule has 1 atom stereocenters. The summed E-state index contributed by atoms with van der Waals surface area (Å²) in [6, 6.07) is 2.87. The molecule has 0 saturated heterocycles. The summed E-state index contributed by atoms with van der Waals surface area (Å²) in [6.45, 7) is 3.36. The zero-order chi connectivity index (χ0) is 13.9. The van der Waals surface area contributed by atoms with E-state index in [2.05, 4.69) is 21.2 Å². The molecule has 1 aromatic rings. The number of halogens is 2. The number of rotatable bonds is 4. The molecule has 1 aromatic carbocycles. The van der Waals surface area contributed by atoms with Crippen LogP contribution in [0.2, 0.25) is 0 Å². The average Bonchev–Trinajstić information content (AvgIpc) is 2.28. The van der Waals surface area contributed by atoms with Crippen LogP contribution in [0.4, 0.5) is 4.39 Å². The number of benzene rings is 1. The van der Waals surface area contributed by atoms with E-state index in [1.54, 1.807) is 13.8 Å². The topological polar surface area (TPSA) is 66.4 Å². The van der Waals surface area contributed by atoms with Crippen LogP contribution in [0.1, 0.15) is 24.2 Å². The average molecular weight is 318 g/mol. The SMILES string of the molecule is CC(C)[C@H](NC(=O)c1ccc(Br)c(F)c1)C(=O)O. The van der Waals surface area contributed by atoms with Gasteiger partial charge in [-0.25, -0.2) is 9.18 Å². The van der Waals surface area contributed by atoms with Gasteiger partial charge in [-0.05, 0) is 40.0 Å². The highest BCUT2D eigenvalue weighted by Crippen LogP contribution is 2.16. The standard InChI is InChI=1S/C12H13BrFNO3/c1-6(2)10(12(17)18)15-11(16)7-3-4-8(13)9(14)5-7/h3-6,10H,1-2H3,(H,15,16)(H,17,18)/t10-/m0/s1. The van der Waals surface area contributed by atoms with Gasteiger partial charge in [0.1, 0.15) is 11.9 Å². The number of aliphatic carboxylic acids is 1. The second kappa shape index (κ2) is 5.95. The third kappa shape index (κ3) is 3.53. The molecule has 0 bridgehead atoms. The van der Waals surface area contributed by atoms with Gasteiger partial charge in [0.2, 0.25) is 0 Å². The molecule has 2 N–H and O–H groups in total. The van der Waals surface area contributed by atoms with E-state index >= 15 is 0 Å². The lowest BCUT2D eigenvalue weighted by molar-refractivity contribution is -0.140. The van der Waals surface area contributed by atoms with Gasteiger partial charge in [0.05, 0.1) is 4.47 Å². The molecule has 4 nitrogen and oxygen atoms in total. The van der Waals surface area contributed by atoms with Crippen molar-refractivity contribution in [3.05, 3.63) is 34.1 Å². The van der Waals surface area contributed by atoms with Crippen molar-refractivity contribution < 1.29 is 19.1 Å². The molecule has 0 radical (unpaired) electrons. The summed E-state index contributed by atoms with van der Waals surface area (Å²) in [5.41, 5.74) is 0.0857. The van der Waals surface area contributed by atoms with Gasteiger partial charge in [0, 0.05) is 5.56 Å². The predicted molar refractivity (Wildman–Crippen MR) is 67.8 cm³/mol. The third-order valence-corrected chi connectivity index (χ3v) is 3.04. The summed E-state index contributed by atoms with van der Waals surface area (Å²) in [4.78, 5) is 22.7. The fourth-order valence-electron chi connectivity index (χ4n) is 1.38. The molecule has 0 aromatic heterocycles. The Labute approximate surface area is 112 Å². The molecular weight excluding hydrogens is 305 g/mol. The summed E-state index contributed by atoms with van der Waals surface area (Å²) in [5.74, 6) is -2.55. The monoisotopic (exact) mass is 317 g/mol. The van der Waals surface area contributed by atoms with Crippen molar-refractivity contribution in [3.63, 3.8) is 0 Å². The van der Waals surface area contributed by atoms with Crippen LogP contribution in [0, 0.1) is 11.7 Å². The maximum Gasteiger partial charge on any atom is 0.326 e. The Morgan fingerprint density at radius 2 is 2.00 bits per heavy atom. The first kappa shape index (κ1) is 14.6. The number of hydrogen-bond acceptors (Lipinski definition) is 2. The highest BCUT2D eigenvalue weighted by Gasteiger charge is 2.24. The summed E-state index contributed by atoms with van der Waals surface area (Å²) in [5, 5.41) is 11.3. The highest BCUT2D eigenvalue weighted by atomic mass is 79.9. The van der Waals surface area contributed by atoms with Gasteiger partial charge in [0.15, 0.2) is 0 Å². The first-order chi connectivity index (χ1) is 8.32. The molecule has 0 aliphatic heterocycles. The van der Waals surface area contributed by atoms with Crippen LogP contribution in [0.5, 0.6) is 0 Å². The van der Waals surface area contributed by atoms with Crippen LogP contribution in [0.3, 0.4) is 0 Å². The second-order valence-corrected chi connectivity index (χ2v) is 5.02. The largest absolute Gasteiger partial charge is 0.480 e. The van der Waals surface area contributed by atoms with Gasteiger partial charge in [0.25, 0.3) is 5.91 Å². The van der Waals surface area contributed by atoms with Crippen LogP contribution < -0.4 is 5.32 Å². The Hall–Kier alpha value is -1.43. The van der Waals surface area contributed by atoms with Crippen LogP contribution in [0.25, 0.3) is 0 Å². The number of carboxylic acid groups (broad SMARTS) is 1. The summed E-state index contributed by atoms with van der Waals surface area (Å²) in [6.07, 6.45) is 0. The van der Waals surface area contributed by atoms with E-state index in [-0.39, 0.29) is 16.0 Å². The van der Waals surface area contributed by atoms with E-state index < -0.39 is 23.7 Å². The van der Waals surface area contributed by atoms with Crippen molar-refractivity contribution >= 4 is 27.8 Å². The number of carbonyl (C=O) groups is 2. The van der Waals surface area contributed by atoms with Crippen molar-refractivity contribution in [1.82, 2.24) is 5.32 Å². The molecule has 98 valence electrons. The van der Waals surface area contributed by atoms with E-state index in [0.29, 0.717) is 0 Å². The number of amides is 1. The van der Waals surface area contributed by atoms with Crippen molar-refractivity contribution in [3.8, 4) is 0 Å². The van der Waals surface area contributed by atoms with Gasteiger partial charge < -0.3 is 10.4 Å². The summed E-state index contributed by atoms with van der Waals surface area (Å²) >= 11 is 2.97. The van der Waals surface area contributed by atoms with Gasteiger partial charge in [-0.1, -0.05) is 13.8 Å². The lowest BCUT2D eigenvalue weighted by Crippen LogP contribution is -2.44. The summed E-state index contributed by atoms with van der Waals surface area (Å²) in [7, 11) is 0. The number of nitrogens with one attached hydrogen (secondary N) is 1. The molecule has 0 unspecified atom stereocenters. The van der Waals surface area contributed by atoms with E-state index in [9.17, 15) is 14.0 Å². The number of carbonyl (C=O) groups excluding carboxylic acids is 1. The maximum atomic E-state index is 13.3. The van der Waals surface area contributed by atoms with E-state index in [1.807, 2.05) is 0 Å². The van der Waals surface area contributed by atoms with E-state index in [4.69, 9.17) is 5.11 Å². The fourth-order valence-corrected chi connectivity index (χ4v) is 1.62. The van der Waals surface area contributed by atoms with Crippen LogP contribution >= 0.6 is 15.9 Å². The van der Waals surface area contributed by atoms with E-state index in [0.717, 1.165) is 6.07 Å². The molecule has 0 heterocycles. The Morgan fingerprint density at radius 3 is 2.44 bits per heavy atom. The van der Waals surface area contributed by atoms with Crippen LogP contribution in [-0.4, -0.2) is 23.0 Å². The number of carboxylic acids is 1. The quantitative estimate of drug-likeness (QED) is 0.896. The van der Waals surface area contributed by atoms with Crippen molar-refractivity contribution in [2.24, 2.45) is 5.92 Å². The van der Waals surface area contributed by atoms with Gasteiger partial charge in [-0.15, -0.1) is 0 Å². The molecule has 0 aliphatic carbocycles. The lowest BCUT2D eigenvalue weighted by Gasteiger charge is -2.17. The zero-order valence-electron chi connectivity index (χ0n) is 9.91. The second-order valence-electron chi connectivity index (χ2n) is 4.16.